The molecule has 0 saturated heterocycles. The smallest absolute Gasteiger partial charge is 0.0609 e. The van der Waals surface area contributed by atoms with E-state index in [0.717, 1.165) is 0 Å². The van der Waals surface area contributed by atoms with Crippen LogP contribution in [0.4, 0.5) is 0 Å². The average molecular weight is 85.2 g/mol. The van der Waals surface area contributed by atoms with E-state index in [1.165, 1.54) is 0 Å². The van der Waals surface area contributed by atoms with Gasteiger partial charge in [-0.25, -0.2) is 0 Å². The molecule has 0 amide bonds. The van der Waals surface area contributed by atoms with Crippen molar-refractivity contribution < 1.29 is 0 Å². The Bertz CT molecular complexity index is 49.2. The topological polar surface area (TPSA) is 0 Å². The van der Waals surface area contributed by atoms with Crippen LogP contribution in [0, 0.1) is 12.3 Å². The Morgan fingerprint density at radius 2 is 2.20 bits per heavy atom. The maximum atomic E-state index is 6.33. The van der Waals surface area contributed by atoms with E-state index in [9.17, 15) is 0 Å². The maximum Gasteiger partial charge on any atom is 0.0609 e. The molecule has 1 unspecified atom stereocenters. The summed E-state index contributed by atoms with van der Waals surface area (Å²) in [4.78, 5) is 0. The summed E-state index contributed by atoms with van der Waals surface area (Å²) in [5.41, 5.74) is 0. The minimum Gasteiger partial charge on any atom is -0.163 e. The van der Waals surface area contributed by atoms with Gasteiger partial charge in [-0.3, -0.25) is 0 Å². The van der Waals surface area contributed by atoms with E-state index in [-0.39, 0.29) is 5.25 Å². The molecule has 0 aromatic rings. The second-order valence-corrected chi connectivity index (χ2v) is 1.59. The van der Waals surface area contributed by atoms with Crippen LogP contribution in [0.2, 0.25) is 0 Å². The van der Waals surface area contributed by atoms with Gasteiger partial charge in [0.15, 0.2) is 0 Å². The zero-order valence-electron chi connectivity index (χ0n) is 3.02. The van der Waals surface area contributed by atoms with Gasteiger partial charge in [-0.2, -0.15) is 12.6 Å². The van der Waals surface area contributed by atoms with Gasteiger partial charge in [-0.1, -0.05) is 5.92 Å². The standard InChI is InChI=1S/C4H5S/c1-3-4(2)5/h4-5H,2H3. The van der Waals surface area contributed by atoms with Crippen molar-refractivity contribution in [3.63, 3.8) is 0 Å². The third-order valence-electron chi connectivity index (χ3n) is 0.209. The van der Waals surface area contributed by atoms with Crippen LogP contribution in [0.3, 0.4) is 0 Å². The highest BCUT2D eigenvalue weighted by Crippen LogP contribution is 1.84. The monoisotopic (exact) mass is 85.0 g/mol. The lowest BCUT2D eigenvalue weighted by atomic mass is 10.5. The van der Waals surface area contributed by atoms with Gasteiger partial charge >= 0.3 is 0 Å². The first-order valence-electron chi connectivity index (χ1n) is 1.37. The molecule has 0 aliphatic rings. The van der Waals surface area contributed by atoms with Gasteiger partial charge in [0.2, 0.25) is 0 Å². The molecule has 0 aliphatic heterocycles. The minimum absolute atomic E-state index is 0.00463. The highest BCUT2D eigenvalue weighted by atomic mass is 32.1. The molecule has 0 rings (SSSR count). The van der Waals surface area contributed by atoms with E-state index < -0.39 is 0 Å². The van der Waals surface area contributed by atoms with Crippen molar-refractivity contribution in [3.05, 3.63) is 6.42 Å². The number of hydrogen-bond donors (Lipinski definition) is 1. The SMILES string of the molecule is [C]#CC(C)S. The number of hydrogen-bond acceptors (Lipinski definition) is 1. The van der Waals surface area contributed by atoms with Crippen LogP contribution in [0.15, 0.2) is 0 Å². The zero-order chi connectivity index (χ0) is 4.28. The molecule has 0 spiro atoms. The minimum atomic E-state index is -0.00463. The Morgan fingerprint density at radius 3 is 2.20 bits per heavy atom. The lowest BCUT2D eigenvalue weighted by molar-refractivity contribution is 1.31. The van der Waals surface area contributed by atoms with Gasteiger partial charge in [0.1, 0.15) is 0 Å². The van der Waals surface area contributed by atoms with Crippen molar-refractivity contribution in [2.24, 2.45) is 0 Å². The largest absolute Gasteiger partial charge is 0.163 e. The van der Waals surface area contributed by atoms with Crippen molar-refractivity contribution in [3.8, 4) is 5.92 Å². The molecule has 27 valence electrons. The fraction of sp³-hybridized carbons (Fsp3) is 0.500. The summed E-state index contributed by atoms with van der Waals surface area (Å²) >= 11 is 3.80. The van der Waals surface area contributed by atoms with Crippen LogP contribution in [-0.2, 0) is 0 Å². The van der Waals surface area contributed by atoms with Crippen LogP contribution in [0.5, 0.6) is 0 Å². The Hall–Kier alpha value is -0.0900. The molecule has 0 saturated carbocycles. The van der Waals surface area contributed by atoms with Crippen molar-refractivity contribution in [2.45, 2.75) is 12.2 Å². The van der Waals surface area contributed by atoms with Crippen LogP contribution < -0.4 is 0 Å². The van der Waals surface area contributed by atoms with Gasteiger partial charge in [0, 0.05) is 0 Å². The fourth-order valence-electron chi connectivity index (χ4n) is 0. The van der Waals surface area contributed by atoms with E-state index in [2.05, 4.69) is 18.5 Å². The van der Waals surface area contributed by atoms with Gasteiger partial charge in [-0.15, -0.1) is 0 Å². The summed E-state index contributed by atoms with van der Waals surface area (Å²) < 4.78 is 0. The molecule has 0 bridgehead atoms. The van der Waals surface area contributed by atoms with E-state index in [1.807, 2.05) is 0 Å². The molecular formula is C4H5S. The van der Waals surface area contributed by atoms with Gasteiger partial charge in [-0.05, 0) is 13.3 Å². The van der Waals surface area contributed by atoms with Crippen LogP contribution >= 0.6 is 12.6 Å². The summed E-state index contributed by atoms with van der Waals surface area (Å²) in [5.74, 6) is 2.14. The summed E-state index contributed by atoms with van der Waals surface area (Å²) in [6.07, 6.45) is 6.33. The predicted molar refractivity (Wildman–Crippen MR) is 25.6 cm³/mol. The Balaban J connectivity index is 2.94. The van der Waals surface area contributed by atoms with E-state index in [4.69, 9.17) is 6.42 Å². The molecule has 0 nitrogen and oxygen atoms in total. The van der Waals surface area contributed by atoms with Crippen LogP contribution in [0.1, 0.15) is 6.92 Å². The predicted octanol–water partition coefficient (Wildman–Crippen LogP) is 0.894. The molecule has 0 aliphatic carbocycles. The Kier molecular flexibility index (Phi) is 2.13. The lowest BCUT2D eigenvalue weighted by Crippen LogP contribution is -1.77. The zero-order valence-corrected chi connectivity index (χ0v) is 3.92. The van der Waals surface area contributed by atoms with E-state index in [0.29, 0.717) is 0 Å². The first kappa shape index (κ1) is 4.91. The maximum absolute atomic E-state index is 6.33. The molecule has 0 aromatic carbocycles. The molecule has 5 heavy (non-hydrogen) atoms. The molecule has 1 radical (unpaired) electrons. The van der Waals surface area contributed by atoms with Crippen molar-refractivity contribution in [1.29, 1.82) is 0 Å². The highest BCUT2D eigenvalue weighted by molar-refractivity contribution is 7.81. The lowest BCUT2D eigenvalue weighted by Gasteiger charge is -1.78. The highest BCUT2D eigenvalue weighted by Gasteiger charge is 1.75. The van der Waals surface area contributed by atoms with Crippen molar-refractivity contribution >= 4 is 12.6 Å². The number of rotatable bonds is 0. The van der Waals surface area contributed by atoms with Gasteiger partial charge < -0.3 is 0 Å². The third kappa shape index (κ3) is 3.91. The second kappa shape index (κ2) is 2.17. The first-order chi connectivity index (χ1) is 2.27. The van der Waals surface area contributed by atoms with Crippen LogP contribution in [0.25, 0.3) is 0 Å². The van der Waals surface area contributed by atoms with Crippen molar-refractivity contribution in [1.82, 2.24) is 0 Å². The van der Waals surface area contributed by atoms with Gasteiger partial charge in [0.05, 0.1) is 5.25 Å². The molecule has 0 N–H and O–H groups in total. The summed E-state index contributed by atoms with van der Waals surface area (Å²) in [5, 5.41) is -0.00463. The van der Waals surface area contributed by atoms with Crippen LogP contribution in [-0.4, -0.2) is 5.25 Å². The quantitative estimate of drug-likeness (QED) is 0.328. The normalized spacial score (nSPS) is 13.0. The van der Waals surface area contributed by atoms with Crippen molar-refractivity contribution in [2.75, 3.05) is 0 Å². The molecule has 0 fully saturated rings. The molecular weight excluding hydrogens is 80.1 g/mol. The molecule has 1 atom stereocenters. The summed E-state index contributed by atoms with van der Waals surface area (Å²) in [7, 11) is 0. The number of thiol groups is 1. The molecule has 0 heterocycles. The van der Waals surface area contributed by atoms with E-state index >= 15 is 0 Å². The first-order valence-corrected chi connectivity index (χ1v) is 1.89. The van der Waals surface area contributed by atoms with E-state index in [1.54, 1.807) is 6.92 Å². The van der Waals surface area contributed by atoms with Gasteiger partial charge in [0.25, 0.3) is 0 Å². The Labute approximate surface area is 38.0 Å². The fourth-order valence-corrected chi connectivity index (χ4v) is 0. The second-order valence-electron chi connectivity index (χ2n) is 0.820. The third-order valence-corrected chi connectivity index (χ3v) is 0.338. The Morgan fingerprint density at radius 1 is 2.00 bits per heavy atom. The molecule has 0 aromatic heterocycles. The molecule has 1 heteroatoms. The average Bonchev–Trinajstić information content (AvgIpc) is 1.38. The summed E-state index contributed by atoms with van der Waals surface area (Å²) in [6.45, 7) is 1.79. The summed E-state index contributed by atoms with van der Waals surface area (Å²) in [6, 6.07) is 0.